The number of thiophene rings is 1. The number of nitrogens with one attached hydrogen (secondary N) is 1. The number of Topliss-reactive ketones (excluding diaryl/α,β-unsaturated/α-hetero) is 1. The number of aromatic nitrogens is 3. The first-order chi connectivity index (χ1) is 19.0. The second kappa shape index (κ2) is 12.8. The van der Waals surface area contributed by atoms with Crippen molar-refractivity contribution in [2.75, 3.05) is 40.3 Å². The smallest absolute Gasteiger partial charge is 0.166 e. The van der Waals surface area contributed by atoms with E-state index >= 15 is 0 Å². The van der Waals surface area contributed by atoms with Gasteiger partial charge in [-0.25, -0.2) is 9.37 Å². The van der Waals surface area contributed by atoms with Gasteiger partial charge in [-0.1, -0.05) is 6.07 Å². The van der Waals surface area contributed by atoms with E-state index in [9.17, 15) is 9.18 Å². The van der Waals surface area contributed by atoms with Crippen LogP contribution >= 0.6 is 11.3 Å². The summed E-state index contributed by atoms with van der Waals surface area (Å²) in [4.78, 5) is 24.2. The van der Waals surface area contributed by atoms with Crippen LogP contribution in [0.25, 0.3) is 20.8 Å². The molecule has 206 valence electrons. The number of carbonyl (C=O) groups excluding carboxylic acids is 1. The van der Waals surface area contributed by atoms with Crippen LogP contribution in [0.4, 0.5) is 4.39 Å². The Labute approximate surface area is 231 Å². The summed E-state index contributed by atoms with van der Waals surface area (Å²) in [6.07, 6.45) is 8.37. The standard InChI is InChI=1S/C24H22FN3O3S.C5H12N2/c1-30-14-28-12-20(27-13-28)23-11-19-24(32-23)22(6-7-26-19)31-21-5-4-16(10-18(21)25)9-17(29)8-15-2-3-15;1-7-4-2-6-3-5-7/h4-7,10-13,15H,2-3,8-9,14H2,1H3;6H,2-5H2,1H3. The molecule has 8 nitrogen and oxygen atoms in total. The highest BCUT2D eigenvalue weighted by molar-refractivity contribution is 7.22. The molecule has 0 radical (unpaired) electrons. The minimum atomic E-state index is -0.484. The van der Waals surface area contributed by atoms with E-state index in [4.69, 9.17) is 9.47 Å². The summed E-state index contributed by atoms with van der Waals surface area (Å²) in [6, 6.07) is 8.39. The van der Waals surface area contributed by atoms with E-state index in [2.05, 4.69) is 27.2 Å². The van der Waals surface area contributed by atoms with Gasteiger partial charge in [0.25, 0.3) is 0 Å². The monoisotopic (exact) mass is 551 g/mol. The number of hydrogen-bond acceptors (Lipinski definition) is 8. The average Bonchev–Trinajstić information content (AvgIpc) is 3.42. The molecule has 1 saturated carbocycles. The highest BCUT2D eigenvalue weighted by Crippen LogP contribution is 2.39. The minimum absolute atomic E-state index is 0.121. The van der Waals surface area contributed by atoms with Crippen molar-refractivity contribution in [2.45, 2.75) is 32.4 Å². The number of fused-ring (bicyclic) bond motifs is 1. The van der Waals surface area contributed by atoms with Crippen LogP contribution in [0.15, 0.2) is 49.1 Å². The van der Waals surface area contributed by atoms with E-state index in [1.54, 1.807) is 37.8 Å². The Morgan fingerprint density at radius 1 is 1.15 bits per heavy atom. The predicted molar refractivity (Wildman–Crippen MR) is 151 cm³/mol. The molecular formula is C29H34FN5O3S. The number of pyridine rings is 1. The van der Waals surface area contributed by atoms with Crippen LogP contribution in [-0.2, 0) is 22.7 Å². The first-order valence-electron chi connectivity index (χ1n) is 13.3. The van der Waals surface area contributed by atoms with Crippen molar-refractivity contribution in [3.05, 3.63) is 60.4 Å². The number of likely N-dealkylation sites (N-methyl/N-ethyl adjacent to an activating group) is 1. The van der Waals surface area contributed by atoms with Gasteiger partial charge >= 0.3 is 0 Å². The maximum absolute atomic E-state index is 14.7. The van der Waals surface area contributed by atoms with Crippen LogP contribution in [0.5, 0.6) is 11.5 Å². The first-order valence-corrected chi connectivity index (χ1v) is 14.1. The quantitative estimate of drug-likeness (QED) is 0.309. The molecule has 1 aromatic carbocycles. The molecule has 0 unspecified atom stereocenters. The molecule has 0 atom stereocenters. The largest absolute Gasteiger partial charge is 0.453 e. The zero-order chi connectivity index (χ0) is 27.2. The Balaban J connectivity index is 0.000000384. The van der Waals surface area contributed by atoms with Gasteiger partial charge in [0.15, 0.2) is 11.6 Å². The average molecular weight is 552 g/mol. The van der Waals surface area contributed by atoms with Crippen LogP contribution in [0.1, 0.15) is 24.8 Å². The van der Waals surface area contributed by atoms with Gasteiger partial charge in [-0.2, -0.15) is 0 Å². The molecule has 1 aliphatic carbocycles. The number of carbonyl (C=O) groups is 1. The number of piperazine rings is 1. The number of nitrogens with zero attached hydrogens (tertiary/aromatic N) is 4. The highest BCUT2D eigenvalue weighted by Gasteiger charge is 2.24. The molecule has 6 rings (SSSR count). The predicted octanol–water partition coefficient (Wildman–Crippen LogP) is 5.13. The Bertz CT molecular complexity index is 1410. The molecule has 1 N–H and O–H groups in total. The summed E-state index contributed by atoms with van der Waals surface area (Å²) < 4.78 is 28.4. The van der Waals surface area contributed by atoms with Crippen molar-refractivity contribution in [2.24, 2.45) is 5.92 Å². The van der Waals surface area contributed by atoms with Gasteiger partial charge in [0, 0.05) is 64.6 Å². The van der Waals surface area contributed by atoms with Gasteiger partial charge in [-0.15, -0.1) is 11.3 Å². The van der Waals surface area contributed by atoms with E-state index in [1.807, 2.05) is 16.8 Å². The summed E-state index contributed by atoms with van der Waals surface area (Å²) in [7, 11) is 3.78. The van der Waals surface area contributed by atoms with Crippen LogP contribution in [0.2, 0.25) is 0 Å². The van der Waals surface area contributed by atoms with E-state index in [0.29, 0.717) is 30.4 Å². The second-order valence-electron chi connectivity index (χ2n) is 10.1. The van der Waals surface area contributed by atoms with Crippen LogP contribution in [0, 0.1) is 11.7 Å². The first kappa shape index (κ1) is 27.4. The molecule has 2 aliphatic rings. The number of rotatable bonds is 9. The fraction of sp³-hybridized carbons (Fsp3) is 0.414. The fourth-order valence-corrected chi connectivity index (χ4v) is 5.43. The molecule has 0 amide bonds. The summed E-state index contributed by atoms with van der Waals surface area (Å²) in [5.74, 6) is 0.861. The van der Waals surface area contributed by atoms with E-state index in [1.165, 1.54) is 30.5 Å². The molecule has 0 bridgehead atoms. The van der Waals surface area contributed by atoms with Crippen molar-refractivity contribution < 1.29 is 18.7 Å². The van der Waals surface area contributed by atoms with E-state index in [-0.39, 0.29) is 18.0 Å². The number of ether oxygens (including phenoxy) is 2. The van der Waals surface area contributed by atoms with Gasteiger partial charge in [-0.05, 0) is 49.6 Å². The van der Waals surface area contributed by atoms with Crippen molar-refractivity contribution >= 4 is 27.3 Å². The maximum Gasteiger partial charge on any atom is 0.166 e. The molecule has 1 saturated heterocycles. The van der Waals surface area contributed by atoms with Gasteiger partial charge in [-0.3, -0.25) is 9.78 Å². The Morgan fingerprint density at radius 2 is 1.97 bits per heavy atom. The molecule has 0 spiro atoms. The lowest BCUT2D eigenvalue weighted by Crippen LogP contribution is -2.40. The number of benzene rings is 1. The van der Waals surface area contributed by atoms with Gasteiger partial charge in [0.2, 0.25) is 0 Å². The number of methoxy groups -OCH3 is 1. The third kappa shape index (κ3) is 7.48. The van der Waals surface area contributed by atoms with Gasteiger partial charge < -0.3 is 24.3 Å². The Kier molecular flexibility index (Phi) is 8.98. The van der Waals surface area contributed by atoms with Crippen molar-refractivity contribution in [3.63, 3.8) is 0 Å². The van der Waals surface area contributed by atoms with Gasteiger partial charge in [0.1, 0.15) is 18.3 Å². The third-order valence-corrected chi connectivity index (χ3v) is 7.87. The lowest BCUT2D eigenvalue weighted by Gasteiger charge is -2.21. The number of halogens is 1. The lowest BCUT2D eigenvalue weighted by molar-refractivity contribution is -0.118. The number of ketones is 1. The lowest BCUT2D eigenvalue weighted by atomic mass is 10.0. The Hall–Kier alpha value is -3.18. The molecule has 10 heteroatoms. The Morgan fingerprint density at radius 3 is 2.67 bits per heavy atom. The van der Waals surface area contributed by atoms with Crippen molar-refractivity contribution in [3.8, 4) is 22.1 Å². The van der Waals surface area contributed by atoms with E-state index < -0.39 is 5.82 Å². The highest BCUT2D eigenvalue weighted by atomic mass is 32.1. The van der Waals surface area contributed by atoms with Crippen LogP contribution in [-0.4, -0.2) is 65.6 Å². The maximum atomic E-state index is 14.7. The molecule has 3 aromatic heterocycles. The molecule has 39 heavy (non-hydrogen) atoms. The third-order valence-electron chi connectivity index (χ3n) is 6.71. The summed E-state index contributed by atoms with van der Waals surface area (Å²) >= 11 is 1.49. The van der Waals surface area contributed by atoms with E-state index in [0.717, 1.165) is 46.7 Å². The number of imidazole rings is 1. The normalized spacial score (nSPS) is 15.7. The zero-order valence-corrected chi connectivity index (χ0v) is 23.2. The van der Waals surface area contributed by atoms with Crippen molar-refractivity contribution in [1.29, 1.82) is 0 Å². The molecule has 4 aromatic rings. The topological polar surface area (TPSA) is 81.5 Å². The zero-order valence-electron chi connectivity index (χ0n) is 22.4. The summed E-state index contributed by atoms with van der Waals surface area (Å²) in [6.45, 7) is 5.17. The van der Waals surface area contributed by atoms with Crippen LogP contribution < -0.4 is 10.1 Å². The minimum Gasteiger partial charge on any atom is -0.453 e. The molecular weight excluding hydrogens is 517 g/mol. The summed E-state index contributed by atoms with van der Waals surface area (Å²) in [5.41, 5.74) is 2.24. The second-order valence-corrected chi connectivity index (χ2v) is 11.2. The number of hydrogen-bond donors (Lipinski definition) is 1. The fourth-order valence-electron chi connectivity index (χ4n) is 4.40. The SMILES string of the molecule is CN1CCNCC1.COCn1cnc(-c2cc3nccc(Oc4ccc(CC(=O)CC5CC5)cc4F)c3s2)c1. The molecule has 1 aliphatic heterocycles. The summed E-state index contributed by atoms with van der Waals surface area (Å²) in [5, 5.41) is 3.27. The molecule has 2 fully saturated rings. The molecule has 4 heterocycles. The van der Waals surface area contributed by atoms with Crippen LogP contribution in [0.3, 0.4) is 0 Å². The van der Waals surface area contributed by atoms with Crippen molar-refractivity contribution in [1.82, 2.24) is 24.8 Å². The van der Waals surface area contributed by atoms with Gasteiger partial charge in [0.05, 0.1) is 27.1 Å².